The van der Waals surface area contributed by atoms with Gasteiger partial charge in [0.15, 0.2) is 4.80 Å². The van der Waals surface area contributed by atoms with Crippen LogP contribution in [0.5, 0.6) is 0 Å². The largest absolute Gasteiger partial charge is 0.321 e. The van der Waals surface area contributed by atoms with Gasteiger partial charge in [0, 0.05) is 17.6 Å². The Morgan fingerprint density at radius 3 is 2.91 bits per heavy atom. The zero-order chi connectivity index (χ0) is 8.27. The number of alkyl halides is 1. The van der Waals surface area contributed by atoms with Crippen LogP contribution in [0.25, 0.3) is 0 Å². The number of thiazole rings is 1. The lowest BCUT2D eigenvalue weighted by Gasteiger charge is -2.01. The maximum absolute atomic E-state index is 11.8. The van der Waals surface area contributed by atoms with Gasteiger partial charge in [-0.25, -0.2) is 0 Å². The van der Waals surface area contributed by atoms with E-state index in [1.807, 2.05) is 16.9 Å². The predicted molar refractivity (Wildman–Crippen MR) is 43.5 cm³/mol. The molecule has 1 heterocycles. The van der Waals surface area contributed by atoms with E-state index >= 15 is 0 Å². The maximum Gasteiger partial charge on any atom is 0.182 e. The van der Waals surface area contributed by atoms with Crippen molar-refractivity contribution in [2.75, 3.05) is 6.67 Å². The van der Waals surface area contributed by atoms with Crippen molar-refractivity contribution in [3.8, 4) is 0 Å². The van der Waals surface area contributed by atoms with Gasteiger partial charge in [-0.1, -0.05) is 0 Å². The highest BCUT2D eigenvalue weighted by Crippen LogP contribution is 2.00. The summed E-state index contributed by atoms with van der Waals surface area (Å²) in [5, 5.41) is 9.35. The summed E-state index contributed by atoms with van der Waals surface area (Å²) in [6, 6.07) is 0. The first kappa shape index (κ1) is 8.46. The molecule has 0 spiro atoms. The molecule has 2 nitrogen and oxygen atoms in total. The molecular formula is C7H11FN2S. The Morgan fingerprint density at radius 1 is 1.73 bits per heavy atom. The number of aryl methyl sites for hydroxylation is 1. The van der Waals surface area contributed by atoms with Gasteiger partial charge in [0.1, 0.15) is 0 Å². The molecule has 0 unspecified atom stereocenters. The minimum Gasteiger partial charge on any atom is -0.321 e. The van der Waals surface area contributed by atoms with Gasteiger partial charge in [0.05, 0.1) is 6.67 Å². The fourth-order valence-electron chi connectivity index (χ4n) is 0.924. The van der Waals surface area contributed by atoms with Crippen molar-refractivity contribution in [1.82, 2.24) is 4.57 Å². The first-order valence-electron chi connectivity index (χ1n) is 3.51. The molecule has 0 radical (unpaired) electrons. The number of rotatable bonds is 3. The van der Waals surface area contributed by atoms with Gasteiger partial charge in [-0.3, -0.25) is 9.80 Å². The Morgan fingerprint density at radius 2 is 2.45 bits per heavy atom. The molecule has 1 aromatic rings. The van der Waals surface area contributed by atoms with E-state index in [1.54, 1.807) is 0 Å². The number of nitrogens with zero attached hydrogens (tertiary/aromatic N) is 1. The van der Waals surface area contributed by atoms with Gasteiger partial charge in [-0.2, -0.15) is 0 Å². The van der Waals surface area contributed by atoms with E-state index < -0.39 is 0 Å². The lowest BCUT2D eigenvalue weighted by atomic mass is 10.4. The molecule has 1 rings (SSSR count). The Kier molecular flexibility index (Phi) is 2.82. The maximum atomic E-state index is 11.8. The topological polar surface area (TPSA) is 28.8 Å². The van der Waals surface area contributed by atoms with E-state index in [2.05, 4.69) is 0 Å². The van der Waals surface area contributed by atoms with Crippen LogP contribution >= 0.6 is 11.3 Å². The standard InChI is InChI=1S/C7H11FN2S/c1-6-5-11-7(9)10(6)4-2-3-8/h5,9H,2-4H2,1H3. The van der Waals surface area contributed by atoms with Gasteiger partial charge in [-0.05, 0) is 13.3 Å². The average molecular weight is 174 g/mol. The van der Waals surface area contributed by atoms with Crippen molar-refractivity contribution >= 4 is 11.3 Å². The van der Waals surface area contributed by atoms with Gasteiger partial charge >= 0.3 is 0 Å². The first-order valence-corrected chi connectivity index (χ1v) is 4.39. The highest BCUT2D eigenvalue weighted by atomic mass is 32.1. The molecule has 0 bridgehead atoms. The molecular weight excluding hydrogens is 163 g/mol. The fraction of sp³-hybridized carbons (Fsp3) is 0.571. The van der Waals surface area contributed by atoms with E-state index in [1.165, 1.54) is 11.3 Å². The SMILES string of the molecule is Cc1csc(=N)n1CCCF. The molecule has 62 valence electrons. The minimum absolute atomic E-state index is 0.304. The van der Waals surface area contributed by atoms with E-state index in [-0.39, 0.29) is 6.67 Å². The molecule has 4 heteroatoms. The summed E-state index contributed by atoms with van der Waals surface area (Å²) in [6.45, 7) is 2.26. The lowest BCUT2D eigenvalue weighted by molar-refractivity contribution is 0.442. The summed E-state index contributed by atoms with van der Waals surface area (Å²) >= 11 is 1.39. The quantitative estimate of drug-likeness (QED) is 0.722. The summed E-state index contributed by atoms with van der Waals surface area (Å²) in [7, 11) is 0. The molecule has 0 aromatic carbocycles. The molecule has 0 saturated carbocycles. The number of aromatic nitrogens is 1. The summed E-state index contributed by atoms with van der Waals surface area (Å²) in [6.07, 6.45) is 0.508. The molecule has 1 N–H and O–H groups in total. The minimum atomic E-state index is -0.304. The van der Waals surface area contributed by atoms with Gasteiger partial charge in [-0.15, -0.1) is 11.3 Å². The Balaban J connectivity index is 2.75. The van der Waals surface area contributed by atoms with E-state index in [0.717, 1.165) is 5.69 Å². The van der Waals surface area contributed by atoms with Gasteiger partial charge in [0.2, 0.25) is 0 Å². The van der Waals surface area contributed by atoms with Gasteiger partial charge < -0.3 is 4.57 Å². The molecule has 0 aliphatic carbocycles. The summed E-state index contributed by atoms with van der Waals surface area (Å²) in [4.78, 5) is 0.510. The summed E-state index contributed by atoms with van der Waals surface area (Å²) in [5.74, 6) is 0. The van der Waals surface area contributed by atoms with Crippen molar-refractivity contribution < 1.29 is 4.39 Å². The second-order valence-corrected chi connectivity index (χ2v) is 3.23. The molecule has 0 saturated heterocycles. The average Bonchev–Trinajstić information content (AvgIpc) is 2.29. The number of halogens is 1. The zero-order valence-corrected chi connectivity index (χ0v) is 7.25. The lowest BCUT2D eigenvalue weighted by Crippen LogP contribution is -2.14. The van der Waals surface area contributed by atoms with Crippen LogP contribution in [0, 0.1) is 12.3 Å². The molecule has 0 aliphatic rings. The van der Waals surface area contributed by atoms with E-state index in [0.29, 0.717) is 17.8 Å². The van der Waals surface area contributed by atoms with Crippen LogP contribution in [-0.2, 0) is 6.54 Å². The first-order chi connectivity index (χ1) is 5.25. The molecule has 1 aromatic heterocycles. The third-order valence-electron chi connectivity index (χ3n) is 1.53. The van der Waals surface area contributed by atoms with Crippen LogP contribution in [0.3, 0.4) is 0 Å². The predicted octanol–water partition coefficient (Wildman–Crippen LogP) is 1.70. The third kappa shape index (κ3) is 1.89. The molecule has 0 amide bonds. The fourth-order valence-corrected chi connectivity index (χ4v) is 1.70. The Bertz CT molecular complexity index is 276. The van der Waals surface area contributed by atoms with Crippen LogP contribution in [0.15, 0.2) is 5.38 Å². The van der Waals surface area contributed by atoms with E-state index in [4.69, 9.17) is 5.41 Å². The van der Waals surface area contributed by atoms with Crippen molar-refractivity contribution in [2.45, 2.75) is 19.9 Å². The number of nitrogens with one attached hydrogen (secondary N) is 1. The molecule has 0 atom stereocenters. The van der Waals surface area contributed by atoms with Crippen LogP contribution in [-0.4, -0.2) is 11.2 Å². The molecule has 0 aliphatic heterocycles. The zero-order valence-electron chi connectivity index (χ0n) is 6.43. The summed E-state index contributed by atoms with van der Waals surface area (Å²) in [5.41, 5.74) is 1.05. The van der Waals surface area contributed by atoms with E-state index in [9.17, 15) is 4.39 Å². The number of hydrogen-bond acceptors (Lipinski definition) is 2. The second kappa shape index (κ2) is 3.67. The van der Waals surface area contributed by atoms with Crippen molar-refractivity contribution in [2.24, 2.45) is 0 Å². The number of hydrogen-bond donors (Lipinski definition) is 1. The normalized spacial score (nSPS) is 10.4. The Hall–Kier alpha value is -0.640. The third-order valence-corrected chi connectivity index (χ3v) is 2.43. The van der Waals surface area contributed by atoms with Crippen LogP contribution < -0.4 is 4.80 Å². The highest BCUT2D eigenvalue weighted by Gasteiger charge is 1.97. The van der Waals surface area contributed by atoms with Crippen molar-refractivity contribution in [3.63, 3.8) is 0 Å². The monoisotopic (exact) mass is 174 g/mol. The smallest absolute Gasteiger partial charge is 0.182 e. The van der Waals surface area contributed by atoms with Gasteiger partial charge in [0.25, 0.3) is 0 Å². The summed E-state index contributed by atoms with van der Waals surface area (Å²) < 4.78 is 13.6. The van der Waals surface area contributed by atoms with Crippen LogP contribution in [0.1, 0.15) is 12.1 Å². The van der Waals surface area contributed by atoms with Crippen molar-refractivity contribution in [3.05, 3.63) is 15.9 Å². The second-order valence-electron chi connectivity index (χ2n) is 2.38. The molecule has 11 heavy (non-hydrogen) atoms. The van der Waals surface area contributed by atoms with Crippen LogP contribution in [0.2, 0.25) is 0 Å². The molecule has 0 fully saturated rings. The van der Waals surface area contributed by atoms with Crippen LogP contribution in [0.4, 0.5) is 4.39 Å². The Labute approximate surface area is 68.8 Å². The van der Waals surface area contributed by atoms with Crippen molar-refractivity contribution in [1.29, 1.82) is 5.41 Å². The highest BCUT2D eigenvalue weighted by molar-refractivity contribution is 7.07.